The van der Waals surface area contributed by atoms with Gasteiger partial charge in [-0.3, -0.25) is 4.79 Å². The number of ether oxygens (including phenoxy) is 2. The van der Waals surface area contributed by atoms with Crippen LogP contribution in [0.15, 0.2) is 23.7 Å². The lowest BCUT2D eigenvalue weighted by molar-refractivity contribution is 0.102. The molecule has 1 aliphatic rings. The van der Waals surface area contributed by atoms with Crippen molar-refractivity contribution in [2.75, 3.05) is 24.9 Å². The number of methoxy groups -OCH3 is 2. The van der Waals surface area contributed by atoms with Crippen LogP contribution in [-0.4, -0.2) is 47.2 Å². The maximum atomic E-state index is 12.9. The van der Waals surface area contributed by atoms with Crippen molar-refractivity contribution in [2.24, 2.45) is 5.73 Å². The van der Waals surface area contributed by atoms with Crippen molar-refractivity contribution in [1.29, 1.82) is 0 Å². The molecule has 3 heterocycles. The van der Waals surface area contributed by atoms with Crippen molar-refractivity contribution in [2.45, 2.75) is 37.8 Å². The number of nitrogens with zero attached hydrogens (tertiary/aromatic N) is 3. The van der Waals surface area contributed by atoms with Gasteiger partial charge in [0, 0.05) is 17.5 Å². The summed E-state index contributed by atoms with van der Waals surface area (Å²) in [5.41, 5.74) is 7.28. The van der Waals surface area contributed by atoms with E-state index in [4.69, 9.17) is 15.2 Å². The Labute approximate surface area is 178 Å². The van der Waals surface area contributed by atoms with Crippen LogP contribution in [0.4, 0.5) is 11.8 Å². The van der Waals surface area contributed by atoms with E-state index in [0.29, 0.717) is 34.5 Å². The van der Waals surface area contributed by atoms with Gasteiger partial charge in [-0.2, -0.15) is 4.98 Å². The third-order valence-corrected chi connectivity index (χ3v) is 6.08. The number of pyridine rings is 1. The van der Waals surface area contributed by atoms with E-state index in [2.05, 4.69) is 25.6 Å². The van der Waals surface area contributed by atoms with Crippen molar-refractivity contribution in [3.8, 4) is 11.6 Å². The first-order valence-electron chi connectivity index (χ1n) is 9.75. The lowest BCUT2D eigenvalue weighted by atomic mass is 9.91. The van der Waals surface area contributed by atoms with E-state index in [9.17, 15) is 4.79 Å². The van der Waals surface area contributed by atoms with E-state index in [1.165, 1.54) is 25.6 Å². The molecule has 0 unspecified atom stereocenters. The summed E-state index contributed by atoms with van der Waals surface area (Å²) in [6.07, 6.45) is 6.00. The maximum absolute atomic E-state index is 12.9. The van der Waals surface area contributed by atoms with Crippen LogP contribution in [0.1, 0.15) is 36.0 Å². The Kier molecular flexibility index (Phi) is 5.96. The average Bonchev–Trinajstić information content (AvgIpc) is 3.18. The Bertz CT molecular complexity index is 1060. The Morgan fingerprint density at radius 3 is 2.80 bits per heavy atom. The van der Waals surface area contributed by atoms with Gasteiger partial charge in [0.05, 0.1) is 36.2 Å². The minimum atomic E-state index is -0.306. The zero-order valence-corrected chi connectivity index (χ0v) is 17.7. The first-order valence-corrected chi connectivity index (χ1v) is 10.6. The number of thiophene rings is 1. The minimum absolute atomic E-state index is 0.0828. The molecule has 0 spiro atoms. The van der Waals surface area contributed by atoms with Crippen molar-refractivity contribution < 1.29 is 14.3 Å². The van der Waals surface area contributed by atoms with Crippen molar-refractivity contribution in [1.82, 2.24) is 15.0 Å². The van der Waals surface area contributed by atoms with E-state index in [-0.39, 0.29) is 18.0 Å². The van der Waals surface area contributed by atoms with Gasteiger partial charge >= 0.3 is 0 Å². The number of amides is 1. The topological polar surface area (TPSA) is 124 Å². The van der Waals surface area contributed by atoms with Gasteiger partial charge in [0.2, 0.25) is 5.95 Å². The second kappa shape index (κ2) is 8.80. The van der Waals surface area contributed by atoms with Crippen LogP contribution in [0.5, 0.6) is 11.6 Å². The highest BCUT2D eigenvalue weighted by molar-refractivity contribution is 7.17. The van der Waals surface area contributed by atoms with Crippen LogP contribution in [0.2, 0.25) is 0 Å². The zero-order valence-electron chi connectivity index (χ0n) is 16.8. The number of nitrogens with one attached hydrogen (secondary N) is 2. The number of carbonyl (C=O) groups excluding carboxylic acids is 1. The summed E-state index contributed by atoms with van der Waals surface area (Å²) in [6, 6.07) is 3.56. The molecule has 0 aromatic carbocycles. The van der Waals surface area contributed by atoms with Crippen LogP contribution >= 0.6 is 11.3 Å². The Morgan fingerprint density at radius 1 is 1.20 bits per heavy atom. The largest absolute Gasteiger partial charge is 0.491 e. The molecule has 0 radical (unpaired) electrons. The molecule has 4 N–H and O–H groups in total. The molecule has 2 atom stereocenters. The predicted octanol–water partition coefficient (Wildman–Crippen LogP) is 3.04. The normalized spacial score (nSPS) is 18.8. The van der Waals surface area contributed by atoms with E-state index in [1.54, 1.807) is 23.7 Å². The SMILES string of the molecule is COc1ccc(NC(=O)c2csc3cnc(N[C@H]4CCCC[C@H]4N)nc23)nc1OC. The fourth-order valence-electron chi connectivity index (χ4n) is 3.55. The van der Waals surface area contributed by atoms with E-state index in [0.717, 1.165) is 30.4 Å². The van der Waals surface area contributed by atoms with E-state index >= 15 is 0 Å². The minimum Gasteiger partial charge on any atom is -0.491 e. The van der Waals surface area contributed by atoms with Gasteiger partial charge in [0.15, 0.2) is 5.75 Å². The molecule has 1 saturated carbocycles. The fraction of sp³-hybridized carbons (Fsp3) is 0.400. The Hall–Kier alpha value is -2.98. The van der Waals surface area contributed by atoms with E-state index < -0.39 is 0 Å². The van der Waals surface area contributed by atoms with Crippen LogP contribution in [0, 0.1) is 0 Å². The van der Waals surface area contributed by atoms with Crippen LogP contribution in [0.3, 0.4) is 0 Å². The predicted molar refractivity (Wildman–Crippen MR) is 117 cm³/mol. The van der Waals surface area contributed by atoms with Gasteiger partial charge in [-0.05, 0) is 25.0 Å². The second-order valence-corrected chi connectivity index (χ2v) is 8.03. The number of carbonyl (C=O) groups is 1. The summed E-state index contributed by atoms with van der Waals surface area (Å²) in [6.45, 7) is 0. The molecule has 10 heteroatoms. The average molecular weight is 429 g/mol. The van der Waals surface area contributed by atoms with E-state index in [1.807, 2.05) is 0 Å². The van der Waals surface area contributed by atoms with Gasteiger partial charge in [0.25, 0.3) is 11.8 Å². The fourth-order valence-corrected chi connectivity index (χ4v) is 4.39. The molecular formula is C20H24N6O3S. The standard InChI is InChI=1S/C20H24N6O3S/c1-28-14-7-8-16(25-19(14)29-2)24-18(27)11-10-30-15-9-22-20(26-17(11)15)23-13-6-4-3-5-12(13)21/h7-10,12-13H,3-6,21H2,1-2H3,(H,22,23,26)(H,24,25,27)/t12-,13+/m1/s1. The highest BCUT2D eigenvalue weighted by Gasteiger charge is 2.23. The number of hydrogen-bond acceptors (Lipinski definition) is 9. The maximum Gasteiger partial charge on any atom is 0.259 e. The molecule has 4 rings (SSSR count). The number of anilines is 2. The molecule has 0 saturated heterocycles. The van der Waals surface area contributed by atoms with Gasteiger partial charge < -0.3 is 25.8 Å². The molecule has 0 aliphatic heterocycles. The number of hydrogen-bond donors (Lipinski definition) is 3. The summed E-state index contributed by atoms with van der Waals surface area (Å²) in [5.74, 6) is 1.32. The van der Waals surface area contributed by atoms with Gasteiger partial charge in [-0.25, -0.2) is 9.97 Å². The summed E-state index contributed by atoms with van der Waals surface area (Å²) < 4.78 is 11.2. The highest BCUT2D eigenvalue weighted by atomic mass is 32.1. The van der Waals surface area contributed by atoms with Crippen molar-refractivity contribution >= 4 is 39.2 Å². The molecule has 3 aromatic heterocycles. The Morgan fingerprint density at radius 2 is 2.03 bits per heavy atom. The molecular weight excluding hydrogens is 404 g/mol. The highest BCUT2D eigenvalue weighted by Crippen LogP contribution is 2.28. The molecule has 9 nitrogen and oxygen atoms in total. The van der Waals surface area contributed by atoms with Gasteiger partial charge in [0.1, 0.15) is 5.82 Å². The summed E-state index contributed by atoms with van der Waals surface area (Å²) in [5, 5.41) is 7.90. The number of aromatic nitrogens is 3. The number of fused-ring (bicyclic) bond motifs is 1. The summed E-state index contributed by atoms with van der Waals surface area (Å²) in [4.78, 5) is 26.1. The first-order chi connectivity index (χ1) is 14.6. The third kappa shape index (κ3) is 4.14. The lowest BCUT2D eigenvalue weighted by Gasteiger charge is -2.29. The molecule has 1 fully saturated rings. The lowest BCUT2D eigenvalue weighted by Crippen LogP contribution is -2.42. The smallest absolute Gasteiger partial charge is 0.259 e. The van der Waals surface area contributed by atoms with Crippen LogP contribution in [0.25, 0.3) is 10.2 Å². The molecule has 1 amide bonds. The summed E-state index contributed by atoms with van der Waals surface area (Å²) >= 11 is 1.42. The Balaban J connectivity index is 1.55. The second-order valence-electron chi connectivity index (χ2n) is 7.12. The molecule has 0 bridgehead atoms. The van der Waals surface area contributed by atoms with Crippen LogP contribution < -0.4 is 25.8 Å². The number of rotatable bonds is 6. The third-order valence-electron chi connectivity index (χ3n) is 5.17. The molecule has 158 valence electrons. The van der Waals surface area contributed by atoms with Crippen LogP contribution in [-0.2, 0) is 0 Å². The molecule has 1 aliphatic carbocycles. The molecule has 3 aromatic rings. The zero-order chi connectivity index (χ0) is 21.1. The summed E-state index contributed by atoms with van der Waals surface area (Å²) in [7, 11) is 3.02. The van der Waals surface area contributed by atoms with Gasteiger partial charge in [-0.15, -0.1) is 11.3 Å². The number of nitrogens with two attached hydrogens (primary N) is 1. The van der Waals surface area contributed by atoms with Crippen molar-refractivity contribution in [3.63, 3.8) is 0 Å². The van der Waals surface area contributed by atoms with Crippen molar-refractivity contribution in [3.05, 3.63) is 29.3 Å². The van der Waals surface area contributed by atoms with Gasteiger partial charge in [-0.1, -0.05) is 12.8 Å². The molecule has 30 heavy (non-hydrogen) atoms. The first kappa shape index (κ1) is 20.3. The monoisotopic (exact) mass is 428 g/mol. The quantitative estimate of drug-likeness (QED) is 0.547.